The van der Waals surface area contributed by atoms with Crippen molar-refractivity contribution in [2.24, 2.45) is 0 Å². The molecule has 0 saturated heterocycles. The first kappa shape index (κ1) is 22.6. The van der Waals surface area contributed by atoms with Crippen LogP contribution in [0.2, 0.25) is 0 Å². The van der Waals surface area contributed by atoms with Crippen LogP contribution in [0.5, 0.6) is 5.75 Å². The van der Waals surface area contributed by atoms with Gasteiger partial charge in [-0.2, -0.15) is 0 Å². The van der Waals surface area contributed by atoms with E-state index >= 15 is 0 Å². The van der Waals surface area contributed by atoms with Crippen LogP contribution in [0.15, 0.2) is 72.8 Å². The summed E-state index contributed by atoms with van der Waals surface area (Å²) in [5.41, 5.74) is 2.10. The lowest BCUT2D eigenvalue weighted by Gasteiger charge is -2.12. The van der Waals surface area contributed by atoms with Gasteiger partial charge in [-0.1, -0.05) is 30.8 Å². The number of nitrogens with one attached hydrogen (secondary N) is 1. The molecule has 1 heterocycles. The van der Waals surface area contributed by atoms with Crippen molar-refractivity contribution >= 4 is 42.7 Å². The first-order chi connectivity index (χ1) is 15.9. The highest BCUT2D eigenvalue weighted by molar-refractivity contribution is 7.50. The molecule has 1 aromatic heterocycles. The summed E-state index contributed by atoms with van der Waals surface area (Å²) in [6.45, 7) is 9.20. The number of carbonyl (C=O) groups is 2. The number of rotatable bonds is 6. The monoisotopic (exact) mass is 460 g/mol. The van der Waals surface area contributed by atoms with Crippen LogP contribution in [-0.4, -0.2) is 25.2 Å². The van der Waals surface area contributed by atoms with Gasteiger partial charge in [0.15, 0.2) is 14.3 Å². The molecule has 4 aromatic rings. The van der Waals surface area contributed by atoms with Crippen LogP contribution < -0.4 is 10.1 Å². The first-order valence-corrected chi connectivity index (χ1v) is 11.9. The number of benzene rings is 3. The van der Waals surface area contributed by atoms with Gasteiger partial charge in [-0.05, 0) is 56.2 Å². The van der Waals surface area contributed by atoms with E-state index in [-0.39, 0.29) is 23.6 Å². The number of hydrogen-bond donors (Lipinski definition) is 1. The minimum Gasteiger partial charge on any atom is -0.460 e. The molecule has 33 heavy (non-hydrogen) atoms. The van der Waals surface area contributed by atoms with Gasteiger partial charge in [-0.25, -0.2) is 9.59 Å². The molecule has 0 spiro atoms. The Morgan fingerprint density at radius 2 is 1.48 bits per heavy atom. The second-order valence-corrected chi connectivity index (χ2v) is 9.88. The van der Waals surface area contributed by atoms with Gasteiger partial charge in [0.25, 0.3) is 0 Å². The summed E-state index contributed by atoms with van der Waals surface area (Å²) in [6, 6.07) is 21.3. The number of ether oxygens (including phenoxy) is 2. The minimum absolute atomic E-state index is 0.0549. The largest absolute Gasteiger partial charge is 0.460 e. The molecular formula is C27H26NO4S+. The maximum absolute atomic E-state index is 12.3. The average Bonchev–Trinajstić information content (AvgIpc) is 3.13. The van der Waals surface area contributed by atoms with Crippen molar-refractivity contribution in [1.29, 1.82) is 0 Å². The zero-order valence-electron chi connectivity index (χ0n) is 18.9. The van der Waals surface area contributed by atoms with Gasteiger partial charge in [0.05, 0.1) is 6.54 Å². The lowest BCUT2D eigenvalue weighted by atomic mass is 10.1. The zero-order valence-corrected chi connectivity index (χ0v) is 19.8. The maximum atomic E-state index is 12.3. The van der Waals surface area contributed by atoms with E-state index in [1.54, 1.807) is 6.92 Å². The van der Waals surface area contributed by atoms with Crippen LogP contribution in [0.1, 0.15) is 18.1 Å². The van der Waals surface area contributed by atoms with E-state index in [0.717, 1.165) is 11.1 Å². The number of hydrogen-bond acceptors (Lipinski definition) is 4. The molecule has 5 nitrogen and oxygen atoms in total. The van der Waals surface area contributed by atoms with Gasteiger partial charge in [0.2, 0.25) is 0 Å². The lowest BCUT2D eigenvalue weighted by Crippen LogP contribution is -2.31. The number of thiophene rings is 1. The Bertz CT molecular complexity index is 1310. The summed E-state index contributed by atoms with van der Waals surface area (Å²) in [4.78, 5) is 24.9. The summed E-state index contributed by atoms with van der Waals surface area (Å²) in [5, 5.41) is 5.16. The predicted octanol–water partition coefficient (Wildman–Crippen LogP) is 6.56. The molecule has 0 aliphatic heterocycles. The van der Waals surface area contributed by atoms with E-state index in [1.165, 1.54) is 25.1 Å². The van der Waals surface area contributed by atoms with Gasteiger partial charge in [-0.3, -0.25) is 0 Å². The zero-order chi connectivity index (χ0) is 23.5. The van der Waals surface area contributed by atoms with E-state index in [2.05, 4.69) is 72.6 Å². The third kappa shape index (κ3) is 4.61. The fourth-order valence-electron chi connectivity index (χ4n) is 3.84. The van der Waals surface area contributed by atoms with Crippen LogP contribution in [-0.2, 0) is 9.53 Å². The van der Waals surface area contributed by atoms with Crippen LogP contribution in [0, 0.1) is 13.8 Å². The number of amides is 1. The number of fused-ring (bicyclic) bond motifs is 3. The molecule has 4 rings (SSSR count). The Morgan fingerprint density at radius 3 is 2.03 bits per heavy atom. The van der Waals surface area contributed by atoms with Crippen LogP contribution in [0.3, 0.4) is 0 Å². The molecular weight excluding hydrogens is 434 g/mol. The Morgan fingerprint density at radius 1 is 0.939 bits per heavy atom. The molecule has 3 aromatic carbocycles. The summed E-state index contributed by atoms with van der Waals surface area (Å²) >= 11 is 0. The number of aryl methyl sites for hydroxylation is 2. The van der Waals surface area contributed by atoms with Crippen molar-refractivity contribution in [3.63, 3.8) is 0 Å². The van der Waals surface area contributed by atoms with Gasteiger partial charge >= 0.3 is 12.1 Å². The van der Waals surface area contributed by atoms with Crippen molar-refractivity contribution in [3.05, 3.63) is 83.9 Å². The summed E-state index contributed by atoms with van der Waals surface area (Å²) in [7, 11) is -0.208. The van der Waals surface area contributed by atoms with E-state index < -0.39 is 12.1 Å². The average molecular weight is 461 g/mol. The highest BCUT2D eigenvalue weighted by atomic mass is 32.2. The fraction of sp³-hybridized carbons (Fsp3) is 0.185. The number of esters is 1. The molecule has 6 heteroatoms. The van der Waals surface area contributed by atoms with E-state index in [1.807, 2.05) is 13.8 Å². The lowest BCUT2D eigenvalue weighted by molar-refractivity contribution is -0.138. The van der Waals surface area contributed by atoms with Crippen molar-refractivity contribution in [2.75, 3.05) is 13.2 Å². The van der Waals surface area contributed by atoms with Crippen molar-refractivity contribution in [1.82, 2.24) is 5.32 Å². The van der Waals surface area contributed by atoms with E-state index in [9.17, 15) is 9.59 Å². The molecule has 168 valence electrons. The van der Waals surface area contributed by atoms with Crippen molar-refractivity contribution in [3.8, 4) is 10.6 Å². The third-order valence-corrected chi connectivity index (χ3v) is 7.62. The maximum Gasteiger partial charge on any atom is 0.412 e. The van der Waals surface area contributed by atoms with Crippen molar-refractivity contribution < 1.29 is 19.1 Å². The van der Waals surface area contributed by atoms with Crippen LogP contribution in [0.25, 0.3) is 25.1 Å². The van der Waals surface area contributed by atoms with Gasteiger partial charge in [-0.15, -0.1) is 0 Å². The molecule has 0 atom stereocenters. The van der Waals surface area contributed by atoms with Crippen molar-refractivity contribution in [2.45, 2.75) is 20.8 Å². The Balaban J connectivity index is 1.57. The summed E-state index contributed by atoms with van der Waals surface area (Å²) in [5.74, 6) is 0.0582. The Kier molecular flexibility index (Phi) is 6.47. The predicted molar refractivity (Wildman–Crippen MR) is 135 cm³/mol. The van der Waals surface area contributed by atoms with Crippen LogP contribution in [0.4, 0.5) is 4.79 Å². The highest BCUT2D eigenvalue weighted by Crippen LogP contribution is 2.49. The smallest absolute Gasteiger partial charge is 0.412 e. The number of carbonyl (C=O) groups excluding carboxylic acids is 2. The molecule has 0 radical (unpaired) electrons. The topological polar surface area (TPSA) is 64.6 Å². The van der Waals surface area contributed by atoms with E-state index in [0.29, 0.717) is 11.3 Å². The molecule has 1 amide bonds. The van der Waals surface area contributed by atoms with Gasteiger partial charge in [0.1, 0.15) is 12.4 Å². The standard InChI is InChI=1S/C27H25NO4S/c1-17(2)26(29)31-14-13-28-27(30)32-25-18(3)15-20(16-19(25)4)33-23-11-7-5-9-21(23)22-10-6-8-12-24(22)33/h5-12,15-16H,1,13-14H2,2-4H3/p+1. The van der Waals surface area contributed by atoms with E-state index in [4.69, 9.17) is 9.47 Å². The Labute approximate surface area is 195 Å². The molecule has 0 saturated carbocycles. The molecule has 0 aliphatic carbocycles. The first-order valence-electron chi connectivity index (χ1n) is 10.7. The second kappa shape index (κ2) is 9.46. The van der Waals surface area contributed by atoms with Crippen LogP contribution >= 0.6 is 10.5 Å². The molecule has 0 bridgehead atoms. The summed E-state index contributed by atoms with van der Waals surface area (Å²) < 4.78 is 13.2. The normalized spacial score (nSPS) is 10.9. The summed E-state index contributed by atoms with van der Waals surface area (Å²) in [6.07, 6.45) is -0.584. The SMILES string of the molecule is C=C(C)C(=O)OCCNC(=O)Oc1c(C)cc(-[s+]2c3ccccc3c3ccccc32)cc1C. The Hall–Kier alpha value is -3.64. The second-order valence-electron chi connectivity index (χ2n) is 7.92. The fourth-order valence-corrected chi connectivity index (χ4v) is 6.40. The third-order valence-electron chi connectivity index (χ3n) is 5.32. The molecule has 0 aliphatic rings. The molecule has 0 unspecified atom stereocenters. The van der Waals surface area contributed by atoms with Gasteiger partial charge in [0, 0.05) is 38.9 Å². The molecule has 0 fully saturated rings. The molecule has 1 N–H and O–H groups in total. The van der Waals surface area contributed by atoms with Gasteiger partial charge < -0.3 is 14.8 Å². The quantitative estimate of drug-likeness (QED) is 0.153. The minimum atomic E-state index is -0.584. The highest BCUT2D eigenvalue weighted by Gasteiger charge is 2.25.